The van der Waals surface area contributed by atoms with Crippen molar-refractivity contribution in [1.82, 2.24) is 9.97 Å². The number of rotatable bonds is 2. The number of aromatic nitrogens is 2. The highest BCUT2D eigenvalue weighted by atomic mass is 35.5. The SMILES string of the molecule is Oc1cc(-c2ccc(Cl)cc2)nc(-c2cccnc2)c1. The quantitative estimate of drug-likeness (QED) is 0.767. The summed E-state index contributed by atoms with van der Waals surface area (Å²) in [6.07, 6.45) is 3.42. The van der Waals surface area contributed by atoms with E-state index < -0.39 is 0 Å². The predicted octanol–water partition coefficient (Wildman–Crippen LogP) is 4.17. The zero-order valence-electron chi connectivity index (χ0n) is 10.5. The van der Waals surface area contributed by atoms with Gasteiger partial charge in [0.05, 0.1) is 11.4 Å². The summed E-state index contributed by atoms with van der Waals surface area (Å²) in [5.74, 6) is 0.170. The Balaban J connectivity index is 2.09. The molecule has 0 saturated heterocycles. The molecule has 0 unspecified atom stereocenters. The van der Waals surface area contributed by atoms with Crippen LogP contribution < -0.4 is 0 Å². The lowest BCUT2D eigenvalue weighted by molar-refractivity contribution is 0.475. The van der Waals surface area contributed by atoms with E-state index in [1.54, 1.807) is 36.7 Å². The fraction of sp³-hybridized carbons (Fsp3) is 0. The van der Waals surface area contributed by atoms with Gasteiger partial charge in [-0.05, 0) is 24.3 Å². The maximum atomic E-state index is 9.88. The number of hydrogen-bond donors (Lipinski definition) is 1. The van der Waals surface area contributed by atoms with Gasteiger partial charge in [0.1, 0.15) is 5.75 Å². The van der Waals surface area contributed by atoms with Crippen molar-refractivity contribution >= 4 is 11.6 Å². The standard InChI is InChI=1S/C16H11ClN2O/c17-13-5-3-11(4-6-13)15-8-14(20)9-16(19-15)12-2-1-7-18-10-12/h1-10H,(H,19,20). The van der Waals surface area contributed by atoms with Crippen molar-refractivity contribution in [2.75, 3.05) is 0 Å². The highest BCUT2D eigenvalue weighted by molar-refractivity contribution is 6.30. The number of benzene rings is 1. The van der Waals surface area contributed by atoms with Gasteiger partial charge >= 0.3 is 0 Å². The van der Waals surface area contributed by atoms with Gasteiger partial charge < -0.3 is 5.11 Å². The fourth-order valence-corrected chi connectivity index (χ4v) is 2.07. The molecule has 98 valence electrons. The Morgan fingerprint density at radius 1 is 0.900 bits per heavy atom. The second-order valence-corrected chi connectivity index (χ2v) is 4.78. The summed E-state index contributed by atoms with van der Waals surface area (Å²) in [6, 6.07) is 14.3. The number of hydrogen-bond acceptors (Lipinski definition) is 3. The van der Waals surface area contributed by atoms with Gasteiger partial charge in [-0.3, -0.25) is 4.98 Å². The van der Waals surface area contributed by atoms with Crippen LogP contribution in [0.5, 0.6) is 5.75 Å². The Morgan fingerprint density at radius 3 is 2.25 bits per heavy atom. The van der Waals surface area contributed by atoms with Crippen molar-refractivity contribution in [3.63, 3.8) is 0 Å². The smallest absolute Gasteiger partial charge is 0.119 e. The third-order valence-electron chi connectivity index (χ3n) is 2.91. The van der Waals surface area contributed by atoms with E-state index >= 15 is 0 Å². The third kappa shape index (κ3) is 2.63. The van der Waals surface area contributed by atoms with Crippen molar-refractivity contribution in [3.05, 3.63) is 65.9 Å². The molecule has 0 spiro atoms. The first-order valence-electron chi connectivity index (χ1n) is 6.10. The Hall–Kier alpha value is -2.39. The van der Waals surface area contributed by atoms with Gasteiger partial charge in [0.15, 0.2) is 0 Å². The van der Waals surface area contributed by atoms with Crippen LogP contribution in [0, 0.1) is 0 Å². The molecule has 0 atom stereocenters. The zero-order chi connectivity index (χ0) is 13.9. The maximum Gasteiger partial charge on any atom is 0.119 e. The van der Waals surface area contributed by atoms with E-state index in [0.717, 1.165) is 11.1 Å². The van der Waals surface area contributed by atoms with Crippen molar-refractivity contribution in [1.29, 1.82) is 0 Å². The predicted molar refractivity (Wildman–Crippen MR) is 79.6 cm³/mol. The molecule has 1 N–H and O–H groups in total. The van der Waals surface area contributed by atoms with E-state index in [1.165, 1.54) is 0 Å². The molecule has 0 aliphatic carbocycles. The van der Waals surface area contributed by atoms with Crippen LogP contribution in [0.25, 0.3) is 22.5 Å². The molecule has 0 aliphatic rings. The molecule has 3 nitrogen and oxygen atoms in total. The number of nitrogens with zero attached hydrogens (tertiary/aromatic N) is 2. The van der Waals surface area contributed by atoms with Gasteiger partial charge in [0.2, 0.25) is 0 Å². The van der Waals surface area contributed by atoms with Crippen molar-refractivity contribution in [3.8, 4) is 28.3 Å². The zero-order valence-corrected chi connectivity index (χ0v) is 11.2. The molecular formula is C16H11ClN2O. The first-order chi connectivity index (χ1) is 9.72. The molecule has 20 heavy (non-hydrogen) atoms. The molecule has 2 aromatic heterocycles. The van der Waals surface area contributed by atoms with Crippen molar-refractivity contribution in [2.45, 2.75) is 0 Å². The summed E-state index contributed by atoms with van der Waals surface area (Å²) in [4.78, 5) is 8.63. The molecule has 3 aromatic rings. The second kappa shape index (κ2) is 5.31. The molecule has 0 saturated carbocycles. The van der Waals surface area contributed by atoms with Crippen LogP contribution in [0.1, 0.15) is 0 Å². The van der Waals surface area contributed by atoms with E-state index in [4.69, 9.17) is 11.6 Å². The van der Waals surface area contributed by atoms with Crippen LogP contribution in [0.15, 0.2) is 60.9 Å². The molecule has 0 fully saturated rings. The summed E-state index contributed by atoms with van der Waals surface area (Å²) in [7, 11) is 0. The normalized spacial score (nSPS) is 10.4. The highest BCUT2D eigenvalue weighted by Crippen LogP contribution is 2.27. The molecule has 4 heteroatoms. The van der Waals surface area contributed by atoms with Gasteiger partial charge in [-0.25, -0.2) is 4.98 Å². The summed E-state index contributed by atoms with van der Waals surface area (Å²) < 4.78 is 0. The third-order valence-corrected chi connectivity index (χ3v) is 3.16. The Kier molecular flexibility index (Phi) is 3.35. The number of aromatic hydroxyl groups is 1. The van der Waals surface area contributed by atoms with E-state index in [9.17, 15) is 5.11 Å². The number of pyridine rings is 2. The van der Waals surface area contributed by atoms with Gasteiger partial charge in [-0.1, -0.05) is 23.7 Å². The molecule has 3 rings (SSSR count). The molecule has 0 amide bonds. The van der Waals surface area contributed by atoms with E-state index in [2.05, 4.69) is 9.97 Å². The average molecular weight is 283 g/mol. The molecule has 1 aromatic carbocycles. The molecule has 2 heterocycles. The maximum absolute atomic E-state index is 9.88. The average Bonchev–Trinajstić information content (AvgIpc) is 2.48. The van der Waals surface area contributed by atoms with Gasteiger partial charge in [0.25, 0.3) is 0 Å². The molecule has 0 radical (unpaired) electrons. The minimum Gasteiger partial charge on any atom is -0.508 e. The molecular weight excluding hydrogens is 272 g/mol. The largest absolute Gasteiger partial charge is 0.508 e. The van der Waals surface area contributed by atoms with Crippen LogP contribution >= 0.6 is 11.6 Å². The van der Waals surface area contributed by atoms with Crippen molar-refractivity contribution in [2.24, 2.45) is 0 Å². The summed E-state index contributed by atoms with van der Waals surface area (Å²) in [5.41, 5.74) is 3.14. The minimum atomic E-state index is 0.170. The van der Waals surface area contributed by atoms with Crippen molar-refractivity contribution < 1.29 is 5.11 Å². The van der Waals surface area contributed by atoms with Crippen LogP contribution in [0.2, 0.25) is 5.02 Å². The van der Waals surface area contributed by atoms with E-state index in [0.29, 0.717) is 16.4 Å². The first kappa shape index (κ1) is 12.6. The summed E-state index contributed by atoms with van der Waals surface area (Å²) in [6.45, 7) is 0. The molecule has 0 aliphatic heterocycles. The topological polar surface area (TPSA) is 46.0 Å². The Morgan fingerprint density at radius 2 is 1.60 bits per heavy atom. The summed E-state index contributed by atoms with van der Waals surface area (Å²) >= 11 is 5.88. The Labute approximate surface area is 121 Å². The van der Waals surface area contributed by atoms with Gasteiger partial charge in [-0.2, -0.15) is 0 Å². The minimum absolute atomic E-state index is 0.170. The van der Waals surface area contributed by atoms with Gasteiger partial charge in [-0.15, -0.1) is 0 Å². The monoisotopic (exact) mass is 282 g/mol. The first-order valence-corrected chi connectivity index (χ1v) is 6.47. The van der Waals surface area contributed by atoms with Crippen LogP contribution in [-0.2, 0) is 0 Å². The lowest BCUT2D eigenvalue weighted by atomic mass is 10.1. The van der Waals surface area contributed by atoms with E-state index in [-0.39, 0.29) is 5.75 Å². The lowest BCUT2D eigenvalue weighted by Crippen LogP contribution is -1.89. The molecule has 0 bridgehead atoms. The summed E-state index contributed by atoms with van der Waals surface area (Å²) in [5, 5.41) is 10.6. The fourth-order valence-electron chi connectivity index (χ4n) is 1.95. The van der Waals surface area contributed by atoms with Crippen LogP contribution in [0.3, 0.4) is 0 Å². The van der Waals surface area contributed by atoms with Gasteiger partial charge in [0, 0.05) is 40.7 Å². The lowest BCUT2D eigenvalue weighted by Gasteiger charge is -2.06. The van der Waals surface area contributed by atoms with Crippen LogP contribution in [-0.4, -0.2) is 15.1 Å². The second-order valence-electron chi connectivity index (χ2n) is 4.34. The Bertz CT molecular complexity index is 727. The number of halogens is 1. The highest BCUT2D eigenvalue weighted by Gasteiger charge is 2.06. The van der Waals surface area contributed by atoms with Crippen LogP contribution in [0.4, 0.5) is 0 Å². The van der Waals surface area contributed by atoms with E-state index in [1.807, 2.05) is 24.3 Å².